The quantitative estimate of drug-likeness (QED) is 0.448. The van der Waals surface area contributed by atoms with Crippen LogP contribution in [0.4, 0.5) is 5.69 Å². The summed E-state index contributed by atoms with van der Waals surface area (Å²) >= 11 is 0. The lowest BCUT2D eigenvalue weighted by atomic mass is 10.1. The Bertz CT molecular complexity index is 1010. The highest BCUT2D eigenvalue weighted by Crippen LogP contribution is 2.15. The molecule has 0 aromatic heterocycles. The Morgan fingerprint density at radius 2 is 1.62 bits per heavy atom. The minimum Gasteiger partial charge on any atom is -0.376 e. The van der Waals surface area contributed by atoms with Crippen LogP contribution in [0.25, 0.3) is 6.08 Å². The molecule has 3 aromatic carbocycles. The number of amides is 1. The molecule has 0 aliphatic carbocycles. The highest BCUT2D eigenvalue weighted by molar-refractivity contribution is 6.11. The maximum Gasteiger partial charge on any atom is 0.259 e. The van der Waals surface area contributed by atoms with E-state index in [0.29, 0.717) is 5.71 Å². The fourth-order valence-corrected chi connectivity index (χ4v) is 2.90. The number of carbonyl (C=O) groups excluding carboxylic acids is 1. The zero-order chi connectivity index (χ0) is 20.5. The number of nitrogens with one attached hydrogen (secondary N) is 2. The molecule has 0 aliphatic heterocycles. The maximum absolute atomic E-state index is 12.3. The van der Waals surface area contributed by atoms with Gasteiger partial charge in [-0.05, 0) is 37.1 Å². The summed E-state index contributed by atoms with van der Waals surface area (Å²) in [6, 6.07) is 25.9. The second-order valence-corrected chi connectivity index (χ2v) is 6.81. The average Bonchev–Trinajstić information content (AvgIpc) is 2.74. The van der Waals surface area contributed by atoms with Gasteiger partial charge in [-0.3, -0.25) is 4.79 Å². The summed E-state index contributed by atoms with van der Waals surface area (Å²) in [7, 11) is 0. The molecule has 0 bridgehead atoms. The van der Waals surface area contributed by atoms with E-state index in [0.717, 1.165) is 22.4 Å². The van der Waals surface area contributed by atoms with Crippen molar-refractivity contribution in [1.82, 2.24) is 5.43 Å². The third-order valence-electron chi connectivity index (χ3n) is 4.43. The summed E-state index contributed by atoms with van der Waals surface area (Å²) in [4.78, 5) is 12.3. The first-order valence-corrected chi connectivity index (χ1v) is 9.58. The zero-order valence-corrected chi connectivity index (χ0v) is 16.7. The highest BCUT2D eigenvalue weighted by Gasteiger charge is 2.04. The summed E-state index contributed by atoms with van der Waals surface area (Å²) in [6.45, 7) is 4.22. The standard InChI is InChI=1S/C25H25N3O/c1-19-13-15-23(20(2)17-19)26-18-25(29)28-27-24(22-11-7-4-8-12-22)16-14-21-9-5-3-6-10-21/h3-17,26H,18H2,1-2H3,(H,28,29)/b16-14+,27-24+. The van der Waals surface area contributed by atoms with Crippen LogP contribution in [0.3, 0.4) is 0 Å². The van der Waals surface area contributed by atoms with E-state index in [4.69, 9.17) is 0 Å². The minimum absolute atomic E-state index is 0.151. The molecule has 29 heavy (non-hydrogen) atoms. The van der Waals surface area contributed by atoms with E-state index in [1.807, 2.05) is 98.8 Å². The number of hydrogen-bond donors (Lipinski definition) is 2. The van der Waals surface area contributed by atoms with Crippen molar-refractivity contribution in [2.24, 2.45) is 5.10 Å². The monoisotopic (exact) mass is 383 g/mol. The van der Waals surface area contributed by atoms with Crippen LogP contribution >= 0.6 is 0 Å². The fraction of sp³-hybridized carbons (Fsp3) is 0.120. The van der Waals surface area contributed by atoms with E-state index in [2.05, 4.69) is 21.9 Å². The molecule has 0 saturated heterocycles. The van der Waals surface area contributed by atoms with Crippen LogP contribution in [-0.4, -0.2) is 18.2 Å². The van der Waals surface area contributed by atoms with Gasteiger partial charge in [0.25, 0.3) is 5.91 Å². The molecule has 0 heterocycles. The van der Waals surface area contributed by atoms with Crippen molar-refractivity contribution in [3.63, 3.8) is 0 Å². The Morgan fingerprint density at radius 1 is 0.931 bits per heavy atom. The van der Waals surface area contributed by atoms with Crippen molar-refractivity contribution < 1.29 is 4.79 Å². The normalized spacial score (nSPS) is 11.4. The molecule has 3 aromatic rings. The lowest BCUT2D eigenvalue weighted by molar-refractivity contribution is -0.119. The third-order valence-corrected chi connectivity index (χ3v) is 4.43. The molecule has 0 fully saturated rings. The van der Waals surface area contributed by atoms with E-state index in [9.17, 15) is 4.79 Å². The molecular formula is C25H25N3O. The summed E-state index contributed by atoms with van der Waals surface area (Å²) in [5.41, 5.74) is 8.59. The van der Waals surface area contributed by atoms with Crippen LogP contribution in [-0.2, 0) is 4.79 Å². The van der Waals surface area contributed by atoms with Gasteiger partial charge in [-0.1, -0.05) is 84.4 Å². The first-order chi connectivity index (χ1) is 14.1. The topological polar surface area (TPSA) is 53.5 Å². The van der Waals surface area contributed by atoms with Crippen molar-refractivity contribution in [3.8, 4) is 0 Å². The molecular weight excluding hydrogens is 358 g/mol. The van der Waals surface area contributed by atoms with Crippen LogP contribution in [0.5, 0.6) is 0 Å². The molecule has 0 aliphatic rings. The Morgan fingerprint density at radius 3 is 2.31 bits per heavy atom. The van der Waals surface area contributed by atoms with Crippen molar-refractivity contribution >= 4 is 23.4 Å². The van der Waals surface area contributed by atoms with Gasteiger partial charge in [-0.25, -0.2) is 5.43 Å². The fourth-order valence-electron chi connectivity index (χ4n) is 2.90. The van der Waals surface area contributed by atoms with Gasteiger partial charge in [0, 0.05) is 11.3 Å². The number of hydrogen-bond acceptors (Lipinski definition) is 3. The average molecular weight is 383 g/mol. The van der Waals surface area contributed by atoms with Gasteiger partial charge in [-0.15, -0.1) is 0 Å². The lowest BCUT2D eigenvalue weighted by Crippen LogP contribution is -2.27. The summed E-state index contributed by atoms with van der Waals surface area (Å²) in [5, 5.41) is 7.51. The summed E-state index contributed by atoms with van der Waals surface area (Å²) in [6.07, 6.45) is 3.88. The number of hydrazone groups is 1. The molecule has 4 heteroatoms. The SMILES string of the molecule is Cc1ccc(NCC(=O)N/N=C(\C=C\c2ccccc2)c2ccccc2)c(C)c1. The van der Waals surface area contributed by atoms with Crippen molar-refractivity contribution in [2.75, 3.05) is 11.9 Å². The molecule has 2 N–H and O–H groups in total. The van der Waals surface area contributed by atoms with Gasteiger partial charge in [-0.2, -0.15) is 5.10 Å². The molecule has 0 atom stereocenters. The third kappa shape index (κ3) is 6.18. The van der Waals surface area contributed by atoms with E-state index < -0.39 is 0 Å². The highest BCUT2D eigenvalue weighted by atomic mass is 16.2. The van der Waals surface area contributed by atoms with Gasteiger partial charge in [0.05, 0.1) is 12.3 Å². The van der Waals surface area contributed by atoms with E-state index >= 15 is 0 Å². The number of rotatable bonds is 7. The Labute approximate surface area is 172 Å². The van der Waals surface area contributed by atoms with E-state index in [-0.39, 0.29) is 12.5 Å². The molecule has 3 rings (SSSR count). The van der Waals surface area contributed by atoms with Gasteiger partial charge < -0.3 is 5.32 Å². The van der Waals surface area contributed by atoms with Crippen LogP contribution in [0.15, 0.2) is 90.0 Å². The molecule has 1 amide bonds. The van der Waals surface area contributed by atoms with Crippen LogP contribution < -0.4 is 10.7 Å². The van der Waals surface area contributed by atoms with Crippen molar-refractivity contribution in [3.05, 3.63) is 107 Å². The van der Waals surface area contributed by atoms with Gasteiger partial charge >= 0.3 is 0 Å². The predicted molar refractivity (Wildman–Crippen MR) is 121 cm³/mol. The first-order valence-electron chi connectivity index (χ1n) is 9.58. The van der Waals surface area contributed by atoms with Crippen molar-refractivity contribution in [2.45, 2.75) is 13.8 Å². The molecule has 0 spiro atoms. The number of nitrogens with zero attached hydrogens (tertiary/aromatic N) is 1. The maximum atomic E-state index is 12.3. The van der Waals surface area contributed by atoms with Gasteiger partial charge in [0.1, 0.15) is 0 Å². The smallest absolute Gasteiger partial charge is 0.259 e. The van der Waals surface area contributed by atoms with Crippen LogP contribution in [0.1, 0.15) is 22.3 Å². The second kappa shape index (κ2) is 10.0. The number of aryl methyl sites for hydroxylation is 2. The largest absolute Gasteiger partial charge is 0.376 e. The Kier molecular flexibility index (Phi) is 6.95. The Hall–Kier alpha value is -3.66. The van der Waals surface area contributed by atoms with Gasteiger partial charge in [0.15, 0.2) is 0 Å². The number of benzene rings is 3. The zero-order valence-electron chi connectivity index (χ0n) is 16.7. The lowest BCUT2D eigenvalue weighted by Gasteiger charge is -2.09. The molecule has 0 saturated carbocycles. The summed E-state index contributed by atoms with van der Waals surface area (Å²) < 4.78 is 0. The second-order valence-electron chi connectivity index (χ2n) is 6.81. The van der Waals surface area contributed by atoms with E-state index in [1.165, 1.54) is 5.56 Å². The van der Waals surface area contributed by atoms with Crippen LogP contribution in [0, 0.1) is 13.8 Å². The first kappa shape index (κ1) is 20.1. The minimum atomic E-state index is -0.202. The van der Waals surface area contributed by atoms with Gasteiger partial charge in [0.2, 0.25) is 0 Å². The van der Waals surface area contributed by atoms with Crippen molar-refractivity contribution in [1.29, 1.82) is 0 Å². The summed E-state index contributed by atoms with van der Waals surface area (Å²) in [5.74, 6) is -0.202. The van der Waals surface area contributed by atoms with E-state index in [1.54, 1.807) is 0 Å². The molecule has 0 unspecified atom stereocenters. The molecule has 0 radical (unpaired) electrons. The number of anilines is 1. The van der Waals surface area contributed by atoms with Crippen LogP contribution in [0.2, 0.25) is 0 Å². The molecule has 146 valence electrons. The predicted octanol–water partition coefficient (Wildman–Crippen LogP) is 4.95. The Balaban J connectivity index is 1.68. The number of carbonyl (C=O) groups is 1. The number of allylic oxidation sites excluding steroid dienone is 1. The molecule has 4 nitrogen and oxygen atoms in total.